The second-order valence-electron chi connectivity index (χ2n) is 11.5. The van der Waals surface area contributed by atoms with Crippen LogP contribution in [0.4, 0.5) is 0 Å². The van der Waals surface area contributed by atoms with Crippen molar-refractivity contribution in [2.75, 3.05) is 13.7 Å². The van der Waals surface area contributed by atoms with Crippen LogP contribution in [-0.2, 0) is 37.0 Å². The minimum atomic E-state index is -2.06. The quantitative estimate of drug-likeness (QED) is 0.180. The number of rotatable bonds is 12. The number of hydrogen-bond donors (Lipinski definition) is 1. The number of nitrogens with zero attached hydrogens (tertiary/aromatic N) is 1. The van der Waals surface area contributed by atoms with Gasteiger partial charge in [0.25, 0.3) is 0 Å². The summed E-state index contributed by atoms with van der Waals surface area (Å²) < 4.78 is 18.2. The molecule has 0 radical (unpaired) electrons. The third kappa shape index (κ3) is 7.47. The fourth-order valence-corrected chi connectivity index (χ4v) is 7.86. The van der Waals surface area contributed by atoms with E-state index in [1.807, 2.05) is 60.7 Å². The van der Waals surface area contributed by atoms with Crippen molar-refractivity contribution in [2.45, 2.75) is 56.8 Å². The maximum absolute atomic E-state index is 14.5. The molecule has 1 fully saturated rings. The number of ether oxygens (including phenoxy) is 3. The van der Waals surface area contributed by atoms with Crippen molar-refractivity contribution in [2.24, 2.45) is 11.8 Å². The molecular weight excluding hydrogens is 613 g/mol. The number of likely N-dealkylation sites (tertiary alicyclic amines) is 1. The van der Waals surface area contributed by atoms with Crippen molar-refractivity contribution in [3.05, 3.63) is 96.1 Å². The molecule has 3 aromatic carbocycles. The van der Waals surface area contributed by atoms with Crippen LogP contribution in [0.1, 0.15) is 38.3 Å². The van der Waals surface area contributed by atoms with Crippen molar-refractivity contribution in [1.29, 1.82) is 0 Å². The van der Waals surface area contributed by atoms with Gasteiger partial charge >= 0.3 is 260 Å². The van der Waals surface area contributed by atoms with Crippen LogP contribution < -0.4 is 9.20 Å². The Hall–Kier alpha value is -3.65. The van der Waals surface area contributed by atoms with Gasteiger partial charge in [-0.15, -0.1) is 0 Å². The number of carbonyl (C=O) groups excluding carboxylic acids is 3. The van der Waals surface area contributed by atoms with Crippen molar-refractivity contribution < 1.29 is 33.7 Å². The molecule has 1 aliphatic rings. The first-order valence-corrected chi connectivity index (χ1v) is 16.3. The first-order chi connectivity index (χ1) is 20.6. The summed E-state index contributed by atoms with van der Waals surface area (Å²) in [5.41, 5.74) is -1.55. The van der Waals surface area contributed by atoms with Gasteiger partial charge in [-0.2, -0.15) is 0 Å². The van der Waals surface area contributed by atoms with Crippen molar-refractivity contribution in [3.63, 3.8) is 0 Å². The van der Waals surface area contributed by atoms with Crippen LogP contribution in [0.25, 0.3) is 0 Å². The van der Waals surface area contributed by atoms with E-state index in [1.165, 1.54) is 4.90 Å². The summed E-state index contributed by atoms with van der Waals surface area (Å²) in [7, 11) is 1.56. The Morgan fingerprint density at radius 3 is 2.12 bits per heavy atom. The molecule has 1 heterocycles. The predicted molar refractivity (Wildman–Crippen MR) is 164 cm³/mol. The van der Waals surface area contributed by atoms with Crippen LogP contribution in [0, 0.1) is 11.8 Å². The zero-order valence-corrected chi connectivity index (χ0v) is 26.7. The van der Waals surface area contributed by atoms with Gasteiger partial charge < -0.3 is 0 Å². The molecule has 3 atom stereocenters. The fraction of sp³-hybridized carbons (Fsp3) is 0.382. The molecule has 0 bridgehead atoms. The van der Waals surface area contributed by atoms with E-state index in [1.54, 1.807) is 52.1 Å². The summed E-state index contributed by atoms with van der Waals surface area (Å²) in [4.78, 5) is 44.6. The first kappa shape index (κ1) is 32.3. The second kappa shape index (κ2) is 14.2. The average Bonchev–Trinajstić information content (AvgIpc) is 3.23. The van der Waals surface area contributed by atoms with Gasteiger partial charge in [-0.05, 0) is 0 Å². The van der Waals surface area contributed by atoms with E-state index in [0.29, 0.717) is 16.6 Å². The van der Waals surface area contributed by atoms with E-state index in [4.69, 9.17) is 14.2 Å². The summed E-state index contributed by atoms with van der Waals surface area (Å²) in [6.45, 7) is 4.81. The molecule has 8 nitrogen and oxygen atoms in total. The maximum atomic E-state index is 14.5. The third-order valence-corrected chi connectivity index (χ3v) is 9.75. The number of hydrogen-bond acceptors (Lipinski definition) is 7. The number of carbonyl (C=O) groups is 3. The fourth-order valence-electron chi connectivity index (χ4n) is 5.35. The van der Waals surface area contributed by atoms with E-state index in [0.717, 1.165) is 10.0 Å². The van der Waals surface area contributed by atoms with Gasteiger partial charge in [0.05, 0.1) is 0 Å². The van der Waals surface area contributed by atoms with Gasteiger partial charge in [0, 0.05) is 0 Å². The molecule has 43 heavy (non-hydrogen) atoms. The first-order valence-electron chi connectivity index (χ1n) is 14.3. The number of esters is 2. The Labute approximate surface area is 259 Å². The second-order valence-corrected chi connectivity index (χ2v) is 13.7. The van der Waals surface area contributed by atoms with Crippen LogP contribution in [0.3, 0.4) is 0 Å². The molecule has 1 amide bonds. The zero-order valence-electron chi connectivity index (χ0n) is 25.0. The average molecular weight is 653 g/mol. The normalized spacial score (nSPS) is 20.1. The van der Waals surface area contributed by atoms with E-state index in [9.17, 15) is 19.5 Å². The van der Waals surface area contributed by atoms with E-state index in [-0.39, 0.29) is 47.0 Å². The summed E-state index contributed by atoms with van der Waals surface area (Å²) >= 11 is -0.191. The number of methoxy groups -OCH3 is 1. The molecule has 0 spiro atoms. The number of aliphatic hydroxyl groups excluding tert-OH is 1. The molecule has 3 aromatic rings. The number of amides is 1. The molecule has 1 N–H and O–H groups in total. The van der Waals surface area contributed by atoms with Crippen LogP contribution in [0.15, 0.2) is 84.9 Å². The molecule has 9 heteroatoms. The van der Waals surface area contributed by atoms with E-state index in [2.05, 4.69) is 0 Å². The molecule has 228 valence electrons. The topological polar surface area (TPSA) is 102 Å². The minimum absolute atomic E-state index is 0.0285. The van der Waals surface area contributed by atoms with Crippen LogP contribution in [0.5, 0.6) is 5.75 Å². The van der Waals surface area contributed by atoms with Crippen LogP contribution in [-0.4, -0.2) is 67.7 Å². The standard InChI is InChI=1S/C34H39NO7Se/c1-33(2,3)42-32(39)34(31(38)41-22-25-11-7-5-8-12-25)29(23-43-27-13-9-6-10-14-27)28(19-20-36)30(37)35(34)21-24-15-17-26(40-4)18-16-24/h5-18,28-29,36H,19-23H2,1-4H3/t28-,29-,34+/m1/s1. The van der Waals surface area contributed by atoms with Crippen LogP contribution >= 0.6 is 0 Å². The van der Waals surface area contributed by atoms with E-state index >= 15 is 0 Å². The molecular formula is C34H39NO7Se. The predicted octanol–water partition coefficient (Wildman–Crippen LogP) is 3.92. The van der Waals surface area contributed by atoms with Gasteiger partial charge in [0.1, 0.15) is 0 Å². The van der Waals surface area contributed by atoms with E-state index < -0.39 is 34.9 Å². The summed E-state index contributed by atoms with van der Waals surface area (Å²) in [6.07, 6.45) is 0.101. The van der Waals surface area contributed by atoms with Crippen molar-refractivity contribution in [1.82, 2.24) is 4.90 Å². The Balaban J connectivity index is 1.85. The number of benzene rings is 3. The molecule has 1 aliphatic heterocycles. The zero-order chi connectivity index (χ0) is 31.0. The Kier molecular flexibility index (Phi) is 10.7. The monoisotopic (exact) mass is 653 g/mol. The molecule has 0 aromatic heterocycles. The van der Waals surface area contributed by atoms with Gasteiger partial charge in [0.2, 0.25) is 0 Å². The van der Waals surface area contributed by atoms with Gasteiger partial charge in [0.15, 0.2) is 0 Å². The van der Waals surface area contributed by atoms with Gasteiger partial charge in [-0.1, -0.05) is 0 Å². The molecule has 1 saturated heterocycles. The third-order valence-electron chi connectivity index (χ3n) is 7.38. The Bertz CT molecular complexity index is 1380. The molecule has 0 unspecified atom stereocenters. The molecule has 4 rings (SSSR count). The summed E-state index contributed by atoms with van der Waals surface area (Å²) in [5.74, 6) is -2.98. The van der Waals surface area contributed by atoms with Crippen molar-refractivity contribution >= 4 is 37.3 Å². The van der Waals surface area contributed by atoms with Gasteiger partial charge in [-0.3, -0.25) is 0 Å². The van der Waals surface area contributed by atoms with Gasteiger partial charge in [-0.25, -0.2) is 0 Å². The Morgan fingerprint density at radius 1 is 0.907 bits per heavy atom. The molecule has 0 saturated carbocycles. The molecule has 0 aliphatic carbocycles. The summed E-state index contributed by atoms with van der Waals surface area (Å²) in [6, 6.07) is 26.1. The summed E-state index contributed by atoms with van der Waals surface area (Å²) in [5, 5.41) is 10.4. The SMILES string of the molecule is COc1ccc(CN2C(=O)[C@H](CCO)[C@@H](C[Se]c3ccccc3)[C@]2(C(=O)OCc2ccccc2)C(=O)OC(C)(C)C)cc1. The Morgan fingerprint density at radius 2 is 1.53 bits per heavy atom. The number of aliphatic hydroxyl groups is 1. The van der Waals surface area contributed by atoms with Crippen molar-refractivity contribution in [3.8, 4) is 5.75 Å². The van der Waals surface area contributed by atoms with Crippen LogP contribution in [0.2, 0.25) is 5.32 Å².